The van der Waals surface area contributed by atoms with Crippen LogP contribution < -0.4 is 4.90 Å². The van der Waals surface area contributed by atoms with Gasteiger partial charge in [0, 0.05) is 23.4 Å². The second-order valence-electron chi connectivity index (χ2n) is 3.69. The molecule has 0 bridgehead atoms. The van der Waals surface area contributed by atoms with E-state index in [1.54, 1.807) is 0 Å². The van der Waals surface area contributed by atoms with Crippen molar-refractivity contribution in [3.63, 3.8) is 0 Å². The highest BCUT2D eigenvalue weighted by atomic mass is 79.9. The molecule has 0 saturated heterocycles. The quantitative estimate of drug-likeness (QED) is 0.712. The van der Waals surface area contributed by atoms with Crippen molar-refractivity contribution in [2.75, 3.05) is 18.5 Å². The highest BCUT2D eigenvalue weighted by Crippen LogP contribution is 2.27. The molecule has 0 fully saturated rings. The Morgan fingerprint density at radius 3 is 2.60 bits per heavy atom. The van der Waals surface area contributed by atoms with Crippen molar-refractivity contribution in [2.24, 2.45) is 0 Å². The maximum absolute atomic E-state index is 3.62. The summed E-state index contributed by atoms with van der Waals surface area (Å²) in [4.78, 5) is 2.30. The van der Waals surface area contributed by atoms with Gasteiger partial charge in [-0.1, -0.05) is 35.3 Å². The van der Waals surface area contributed by atoms with E-state index in [-0.39, 0.29) is 0 Å². The molecular formula is C12H17Br2N. The van der Waals surface area contributed by atoms with E-state index in [4.69, 9.17) is 0 Å². The van der Waals surface area contributed by atoms with Crippen molar-refractivity contribution in [1.29, 1.82) is 0 Å². The Hall–Kier alpha value is -0.0200. The van der Waals surface area contributed by atoms with Crippen LogP contribution in [0.2, 0.25) is 0 Å². The van der Waals surface area contributed by atoms with Crippen molar-refractivity contribution in [3.05, 3.63) is 28.2 Å². The third-order valence-corrected chi connectivity index (χ3v) is 3.71. The summed E-state index contributed by atoms with van der Waals surface area (Å²) < 4.78 is 1.18. The fourth-order valence-electron chi connectivity index (χ4n) is 1.46. The van der Waals surface area contributed by atoms with E-state index in [1.165, 1.54) is 28.6 Å². The summed E-state index contributed by atoms with van der Waals surface area (Å²) in [6, 6.07) is 6.51. The first-order chi connectivity index (χ1) is 7.19. The molecule has 0 spiro atoms. The predicted molar refractivity (Wildman–Crippen MR) is 75.0 cm³/mol. The lowest BCUT2D eigenvalue weighted by molar-refractivity contribution is 0.766. The van der Waals surface area contributed by atoms with E-state index >= 15 is 0 Å². The normalized spacial score (nSPS) is 10.4. The Morgan fingerprint density at radius 1 is 1.33 bits per heavy atom. The first-order valence-electron chi connectivity index (χ1n) is 5.24. The van der Waals surface area contributed by atoms with Crippen LogP contribution in [0.4, 0.5) is 5.69 Å². The van der Waals surface area contributed by atoms with Crippen LogP contribution in [0.3, 0.4) is 0 Å². The fourth-order valence-corrected chi connectivity index (χ4v) is 2.54. The topological polar surface area (TPSA) is 3.24 Å². The lowest BCUT2D eigenvalue weighted by Crippen LogP contribution is -2.18. The third kappa shape index (κ3) is 3.80. The summed E-state index contributed by atoms with van der Waals surface area (Å²) in [5, 5.41) is 0.907. The highest BCUT2D eigenvalue weighted by Gasteiger charge is 2.05. The predicted octanol–water partition coefficient (Wildman–Crippen LogP) is 4.58. The van der Waals surface area contributed by atoms with Crippen LogP contribution in [0, 0.1) is 0 Å². The molecule has 0 atom stereocenters. The van der Waals surface area contributed by atoms with Crippen LogP contribution in [0.25, 0.3) is 0 Å². The van der Waals surface area contributed by atoms with Gasteiger partial charge in [-0.05, 0) is 40.0 Å². The SMILES string of the molecule is CCCCN(C)c1ccc(CBr)cc1Br. The average molecular weight is 335 g/mol. The summed E-state index contributed by atoms with van der Waals surface area (Å²) in [5.74, 6) is 0. The van der Waals surface area contributed by atoms with Crippen molar-refractivity contribution in [1.82, 2.24) is 0 Å². The molecule has 1 rings (SSSR count). The van der Waals surface area contributed by atoms with Gasteiger partial charge in [-0.2, -0.15) is 0 Å². The fraction of sp³-hybridized carbons (Fsp3) is 0.500. The largest absolute Gasteiger partial charge is 0.374 e. The Bertz CT molecular complexity index is 312. The Balaban J connectivity index is 2.76. The number of unbranched alkanes of at least 4 members (excludes halogenated alkanes) is 1. The number of nitrogens with zero attached hydrogens (tertiary/aromatic N) is 1. The summed E-state index contributed by atoms with van der Waals surface area (Å²) in [5.41, 5.74) is 2.57. The molecule has 0 aliphatic heterocycles. The van der Waals surface area contributed by atoms with Gasteiger partial charge in [0.15, 0.2) is 0 Å². The van der Waals surface area contributed by atoms with Crippen LogP contribution in [-0.2, 0) is 5.33 Å². The number of hydrogen-bond acceptors (Lipinski definition) is 1. The number of hydrogen-bond donors (Lipinski definition) is 0. The van der Waals surface area contributed by atoms with Crippen molar-refractivity contribution in [3.8, 4) is 0 Å². The smallest absolute Gasteiger partial charge is 0.0508 e. The first-order valence-corrected chi connectivity index (χ1v) is 7.16. The van der Waals surface area contributed by atoms with E-state index in [0.29, 0.717) is 0 Å². The van der Waals surface area contributed by atoms with Gasteiger partial charge in [-0.25, -0.2) is 0 Å². The molecule has 15 heavy (non-hydrogen) atoms. The Labute approximate surface area is 109 Å². The third-order valence-electron chi connectivity index (χ3n) is 2.42. The van der Waals surface area contributed by atoms with Crippen LogP contribution in [0.5, 0.6) is 0 Å². The number of anilines is 1. The van der Waals surface area contributed by atoms with Gasteiger partial charge in [0.05, 0.1) is 5.69 Å². The zero-order valence-electron chi connectivity index (χ0n) is 9.26. The van der Waals surface area contributed by atoms with Crippen LogP contribution >= 0.6 is 31.9 Å². The van der Waals surface area contributed by atoms with Crippen LogP contribution in [0.15, 0.2) is 22.7 Å². The molecule has 0 saturated carbocycles. The van der Waals surface area contributed by atoms with E-state index in [1.807, 2.05) is 0 Å². The lowest BCUT2D eigenvalue weighted by Gasteiger charge is -2.20. The zero-order valence-corrected chi connectivity index (χ0v) is 12.4. The van der Waals surface area contributed by atoms with Crippen molar-refractivity contribution in [2.45, 2.75) is 25.1 Å². The first kappa shape index (κ1) is 13.0. The second-order valence-corrected chi connectivity index (χ2v) is 5.11. The lowest BCUT2D eigenvalue weighted by atomic mass is 10.2. The molecule has 0 aliphatic rings. The molecule has 84 valence electrons. The minimum absolute atomic E-state index is 0.907. The summed E-state index contributed by atoms with van der Waals surface area (Å²) in [6.07, 6.45) is 2.48. The second kappa shape index (κ2) is 6.54. The standard InChI is InChI=1S/C12H17Br2N/c1-3-4-7-15(2)12-6-5-10(9-13)8-11(12)14/h5-6,8H,3-4,7,9H2,1-2H3. The maximum Gasteiger partial charge on any atom is 0.0508 e. The van der Waals surface area contributed by atoms with Crippen molar-refractivity contribution >= 4 is 37.5 Å². The van der Waals surface area contributed by atoms with Gasteiger partial charge < -0.3 is 4.90 Å². The number of halogens is 2. The summed E-state index contributed by atoms with van der Waals surface area (Å²) in [7, 11) is 2.14. The highest BCUT2D eigenvalue weighted by molar-refractivity contribution is 9.10. The molecule has 1 aromatic carbocycles. The van der Waals surface area contributed by atoms with E-state index in [0.717, 1.165) is 11.9 Å². The molecule has 0 amide bonds. The van der Waals surface area contributed by atoms with Crippen LogP contribution in [0.1, 0.15) is 25.3 Å². The van der Waals surface area contributed by atoms with Gasteiger partial charge >= 0.3 is 0 Å². The minimum Gasteiger partial charge on any atom is -0.374 e. The van der Waals surface area contributed by atoms with E-state index < -0.39 is 0 Å². The minimum atomic E-state index is 0.907. The van der Waals surface area contributed by atoms with Crippen LogP contribution in [-0.4, -0.2) is 13.6 Å². The average Bonchev–Trinajstić information content (AvgIpc) is 2.25. The van der Waals surface area contributed by atoms with Gasteiger partial charge in [-0.3, -0.25) is 0 Å². The van der Waals surface area contributed by atoms with Crippen molar-refractivity contribution < 1.29 is 0 Å². The molecule has 1 nitrogen and oxygen atoms in total. The molecule has 0 unspecified atom stereocenters. The maximum atomic E-state index is 3.62. The van der Waals surface area contributed by atoms with Gasteiger partial charge in [0.1, 0.15) is 0 Å². The molecule has 0 aliphatic carbocycles. The number of alkyl halides is 1. The number of benzene rings is 1. The summed E-state index contributed by atoms with van der Waals surface area (Å²) >= 11 is 7.08. The van der Waals surface area contributed by atoms with E-state index in [9.17, 15) is 0 Å². The Kier molecular flexibility index (Phi) is 5.69. The Morgan fingerprint density at radius 2 is 2.07 bits per heavy atom. The van der Waals surface area contributed by atoms with Gasteiger partial charge in [-0.15, -0.1) is 0 Å². The van der Waals surface area contributed by atoms with Gasteiger partial charge in [0.25, 0.3) is 0 Å². The molecule has 0 radical (unpaired) electrons. The molecule has 0 aromatic heterocycles. The molecule has 0 N–H and O–H groups in total. The summed E-state index contributed by atoms with van der Waals surface area (Å²) in [6.45, 7) is 3.33. The molecule has 0 heterocycles. The molecule has 3 heteroatoms. The monoisotopic (exact) mass is 333 g/mol. The van der Waals surface area contributed by atoms with E-state index in [2.05, 4.69) is 68.9 Å². The molecular weight excluding hydrogens is 318 g/mol. The zero-order chi connectivity index (χ0) is 11.3. The molecule has 1 aromatic rings. The van der Waals surface area contributed by atoms with Gasteiger partial charge in [0.2, 0.25) is 0 Å². The number of rotatable bonds is 5.